The third-order valence-electron chi connectivity index (χ3n) is 5.58. The van der Waals surface area contributed by atoms with Crippen LogP contribution in [0.4, 0.5) is 0 Å². The average Bonchev–Trinajstić information content (AvgIpc) is 2.48. The van der Waals surface area contributed by atoms with Gasteiger partial charge in [0.2, 0.25) is 0 Å². The fourth-order valence-corrected chi connectivity index (χ4v) is 3.75. The molecule has 2 heteroatoms. The third kappa shape index (κ3) is 4.47. The minimum atomic E-state index is 0.379. The molecule has 1 aliphatic rings. The first-order valence-corrected chi connectivity index (χ1v) is 8.81. The van der Waals surface area contributed by atoms with E-state index in [9.17, 15) is 0 Å². The zero-order valence-electron chi connectivity index (χ0n) is 14.0. The Kier molecular flexibility index (Phi) is 5.73. The van der Waals surface area contributed by atoms with Crippen LogP contribution in [0.15, 0.2) is 24.3 Å². The first-order valence-electron chi connectivity index (χ1n) is 8.44. The molecule has 1 aromatic carbocycles. The van der Waals surface area contributed by atoms with Gasteiger partial charge >= 0.3 is 0 Å². The van der Waals surface area contributed by atoms with E-state index in [0.29, 0.717) is 17.5 Å². The van der Waals surface area contributed by atoms with Crippen LogP contribution in [-0.2, 0) is 0 Å². The van der Waals surface area contributed by atoms with Gasteiger partial charge in [-0.3, -0.25) is 0 Å². The van der Waals surface area contributed by atoms with Crippen molar-refractivity contribution in [1.29, 1.82) is 0 Å². The molecule has 1 saturated carbocycles. The van der Waals surface area contributed by atoms with Gasteiger partial charge in [-0.1, -0.05) is 50.9 Å². The molecular formula is C19H30ClN. The van der Waals surface area contributed by atoms with Crippen molar-refractivity contribution in [2.75, 3.05) is 0 Å². The lowest BCUT2D eigenvalue weighted by Gasteiger charge is -2.39. The predicted octanol–water partition coefficient (Wildman–Crippen LogP) is 5.99. The van der Waals surface area contributed by atoms with Crippen molar-refractivity contribution in [1.82, 2.24) is 5.32 Å². The zero-order valence-corrected chi connectivity index (χ0v) is 14.7. The molecule has 0 bridgehead atoms. The number of rotatable bonds is 5. The van der Waals surface area contributed by atoms with E-state index in [4.69, 9.17) is 11.6 Å². The third-order valence-corrected chi connectivity index (χ3v) is 5.81. The summed E-state index contributed by atoms with van der Waals surface area (Å²) >= 11 is 6.09. The van der Waals surface area contributed by atoms with Crippen molar-refractivity contribution < 1.29 is 0 Å². The van der Waals surface area contributed by atoms with Crippen LogP contribution in [0.1, 0.15) is 71.4 Å². The normalized spacial score (nSPS) is 24.8. The Labute approximate surface area is 135 Å². The molecule has 0 radical (unpaired) electrons. The van der Waals surface area contributed by atoms with Crippen molar-refractivity contribution in [2.24, 2.45) is 11.3 Å². The number of benzene rings is 1. The molecule has 1 atom stereocenters. The van der Waals surface area contributed by atoms with Gasteiger partial charge in [-0.15, -0.1) is 0 Å². The van der Waals surface area contributed by atoms with Crippen LogP contribution in [0.2, 0.25) is 5.02 Å². The second kappa shape index (κ2) is 7.15. The summed E-state index contributed by atoms with van der Waals surface area (Å²) in [5, 5.41) is 4.62. The van der Waals surface area contributed by atoms with Crippen LogP contribution < -0.4 is 5.32 Å². The van der Waals surface area contributed by atoms with Crippen LogP contribution >= 0.6 is 11.6 Å². The molecule has 0 spiro atoms. The number of nitrogens with one attached hydrogen (secondary N) is 1. The van der Waals surface area contributed by atoms with E-state index in [2.05, 4.69) is 45.1 Å². The van der Waals surface area contributed by atoms with Gasteiger partial charge in [-0.05, 0) is 61.6 Å². The summed E-state index contributed by atoms with van der Waals surface area (Å²) in [4.78, 5) is 0. The molecule has 21 heavy (non-hydrogen) atoms. The Morgan fingerprint density at radius 3 is 2.48 bits per heavy atom. The van der Waals surface area contributed by atoms with Gasteiger partial charge in [0, 0.05) is 17.1 Å². The lowest BCUT2D eigenvalue weighted by atomic mass is 9.69. The number of halogens is 1. The minimum absolute atomic E-state index is 0.379. The monoisotopic (exact) mass is 307 g/mol. The molecule has 118 valence electrons. The Morgan fingerprint density at radius 2 is 1.90 bits per heavy atom. The second-order valence-electron chi connectivity index (χ2n) is 7.33. The summed E-state index contributed by atoms with van der Waals surface area (Å²) in [6.45, 7) is 9.43. The molecule has 2 rings (SSSR count). The zero-order chi connectivity index (χ0) is 15.5. The highest BCUT2D eigenvalue weighted by molar-refractivity contribution is 6.30. The van der Waals surface area contributed by atoms with Gasteiger partial charge in [0.1, 0.15) is 0 Å². The molecule has 0 unspecified atom stereocenters. The van der Waals surface area contributed by atoms with Crippen molar-refractivity contribution in [3.05, 3.63) is 34.9 Å². The van der Waals surface area contributed by atoms with E-state index in [-0.39, 0.29) is 0 Å². The summed E-state index contributed by atoms with van der Waals surface area (Å²) in [7, 11) is 0. The maximum atomic E-state index is 6.09. The van der Waals surface area contributed by atoms with Crippen LogP contribution in [-0.4, -0.2) is 6.04 Å². The number of hydrogen-bond donors (Lipinski definition) is 1. The van der Waals surface area contributed by atoms with E-state index in [1.165, 1.54) is 37.7 Å². The van der Waals surface area contributed by atoms with Crippen molar-refractivity contribution in [3.8, 4) is 0 Å². The van der Waals surface area contributed by atoms with Crippen LogP contribution in [0, 0.1) is 11.3 Å². The van der Waals surface area contributed by atoms with Gasteiger partial charge < -0.3 is 5.32 Å². The maximum Gasteiger partial charge on any atom is 0.0409 e. The summed E-state index contributed by atoms with van der Waals surface area (Å²) in [6.07, 6.45) is 6.62. The largest absolute Gasteiger partial charge is 0.307 e. The van der Waals surface area contributed by atoms with E-state index >= 15 is 0 Å². The highest BCUT2D eigenvalue weighted by Crippen LogP contribution is 2.40. The lowest BCUT2D eigenvalue weighted by molar-refractivity contribution is 0.134. The number of hydrogen-bond acceptors (Lipinski definition) is 1. The summed E-state index contributed by atoms with van der Waals surface area (Å²) in [5.74, 6) is 0.891. The van der Waals surface area contributed by atoms with Crippen molar-refractivity contribution in [2.45, 2.75) is 71.9 Å². The molecule has 1 aliphatic carbocycles. The molecule has 1 N–H and O–H groups in total. The first kappa shape index (κ1) is 16.8. The maximum absolute atomic E-state index is 6.09. The Balaban J connectivity index is 1.86. The first-order chi connectivity index (χ1) is 9.92. The van der Waals surface area contributed by atoms with Crippen molar-refractivity contribution in [3.63, 3.8) is 0 Å². The summed E-state index contributed by atoms with van der Waals surface area (Å²) < 4.78 is 0. The molecule has 1 nitrogen and oxygen atoms in total. The molecule has 1 aromatic rings. The van der Waals surface area contributed by atoms with E-state index < -0.39 is 0 Å². The molecule has 0 aliphatic heterocycles. The fourth-order valence-electron chi connectivity index (χ4n) is 3.56. The summed E-state index contributed by atoms with van der Waals surface area (Å²) in [5.41, 5.74) is 1.79. The summed E-state index contributed by atoms with van der Waals surface area (Å²) in [6, 6.07) is 9.25. The predicted molar refractivity (Wildman–Crippen MR) is 92.8 cm³/mol. The Hall–Kier alpha value is -0.530. The molecule has 0 saturated heterocycles. The molecule has 0 amide bonds. The van der Waals surface area contributed by atoms with E-state index in [1.807, 2.05) is 12.1 Å². The molecule has 0 aromatic heterocycles. The van der Waals surface area contributed by atoms with E-state index in [1.54, 1.807) is 0 Å². The standard InChI is InChI=1S/C19H30ClN/c1-5-19(3,4)16-9-11-18(12-10-16)21-14(2)15-7-6-8-17(20)13-15/h6-8,13-14,16,18,21H,5,9-12H2,1-4H3/t14-,16?,18?/m1/s1. The van der Waals surface area contributed by atoms with Gasteiger partial charge in [-0.2, -0.15) is 0 Å². The highest BCUT2D eigenvalue weighted by atomic mass is 35.5. The topological polar surface area (TPSA) is 12.0 Å². The molecule has 1 fully saturated rings. The Morgan fingerprint density at radius 1 is 1.24 bits per heavy atom. The fraction of sp³-hybridized carbons (Fsp3) is 0.684. The smallest absolute Gasteiger partial charge is 0.0409 e. The SMILES string of the molecule is CCC(C)(C)C1CCC(N[C@H](C)c2cccc(Cl)c2)CC1. The molecular weight excluding hydrogens is 278 g/mol. The average molecular weight is 308 g/mol. The second-order valence-corrected chi connectivity index (χ2v) is 7.77. The molecule has 0 heterocycles. The van der Waals surface area contributed by atoms with Crippen molar-refractivity contribution >= 4 is 11.6 Å². The van der Waals surface area contributed by atoms with Gasteiger partial charge in [0.05, 0.1) is 0 Å². The van der Waals surface area contributed by atoms with Gasteiger partial charge in [0.25, 0.3) is 0 Å². The Bertz CT molecular complexity index is 447. The van der Waals surface area contributed by atoms with Gasteiger partial charge in [0.15, 0.2) is 0 Å². The van der Waals surface area contributed by atoms with Crippen LogP contribution in [0.5, 0.6) is 0 Å². The highest BCUT2D eigenvalue weighted by Gasteiger charge is 2.32. The van der Waals surface area contributed by atoms with Crippen LogP contribution in [0.3, 0.4) is 0 Å². The quantitative estimate of drug-likeness (QED) is 0.705. The minimum Gasteiger partial charge on any atom is -0.307 e. The van der Waals surface area contributed by atoms with E-state index in [0.717, 1.165) is 10.9 Å². The van der Waals surface area contributed by atoms with Crippen LogP contribution in [0.25, 0.3) is 0 Å². The lowest BCUT2D eigenvalue weighted by Crippen LogP contribution is -2.38. The van der Waals surface area contributed by atoms with Gasteiger partial charge in [-0.25, -0.2) is 0 Å².